The van der Waals surface area contributed by atoms with E-state index in [2.05, 4.69) is 10.5 Å². The maximum absolute atomic E-state index is 11.7. The summed E-state index contributed by atoms with van der Waals surface area (Å²) in [5, 5.41) is 14.4. The molecule has 6 nitrogen and oxygen atoms in total. The first-order chi connectivity index (χ1) is 7.54. The van der Waals surface area contributed by atoms with Gasteiger partial charge < -0.3 is 21.2 Å². The Bertz CT molecular complexity index is 270. The zero-order valence-corrected chi connectivity index (χ0v) is 9.81. The molecule has 1 fully saturated rings. The number of rotatable bonds is 2. The van der Waals surface area contributed by atoms with E-state index in [9.17, 15) is 4.79 Å². The number of likely N-dealkylation sites (tertiary alicyclic amines) is 1. The first kappa shape index (κ1) is 12.6. The molecule has 0 bridgehead atoms. The number of hydrogen-bond donors (Lipinski definition) is 3. The number of carbonyl (C=O) groups excluding carboxylic acids is 1. The SMILES string of the molecule is CC(C)NC(=O)N1CCC(C(N)=NO)CC1. The molecule has 0 aromatic rings. The number of amidine groups is 1. The number of piperidine rings is 1. The molecule has 0 aliphatic carbocycles. The van der Waals surface area contributed by atoms with Gasteiger partial charge in [-0.25, -0.2) is 4.79 Å². The second kappa shape index (κ2) is 5.58. The average Bonchev–Trinajstić information content (AvgIpc) is 2.27. The number of oxime groups is 1. The fourth-order valence-corrected chi connectivity index (χ4v) is 1.80. The van der Waals surface area contributed by atoms with E-state index in [1.165, 1.54) is 0 Å². The molecule has 4 N–H and O–H groups in total. The van der Waals surface area contributed by atoms with Crippen molar-refractivity contribution in [3.63, 3.8) is 0 Å². The minimum Gasteiger partial charge on any atom is -0.409 e. The van der Waals surface area contributed by atoms with Gasteiger partial charge in [-0.15, -0.1) is 0 Å². The summed E-state index contributed by atoms with van der Waals surface area (Å²) in [5.41, 5.74) is 5.53. The minimum absolute atomic E-state index is 0.0343. The van der Waals surface area contributed by atoms with E-state index in [-0.39, 0.29) is 23.8 Å². The first-order valence-corrected chi connectivity index (χ1v) is 5.57. The maximum Gasteiger partial charge on any atom is 0.317 e. The Balaban J connectivity index is 2.40. The fraction of sp³-hybridized carbons (Fsp3) is 0.800. The van der Waals surface area contributed by atoms with E-state index in [1.807, 2.05) is 13.8 Å². The molecule has 0 aromatic heterocycles. The fourth-order valence-electron chi connectivity index (χ4n) is 1.80. The summed E-state index contributed by atoms with van der Waals surface area (Å²) in [6, 6.07) is 0.113. The molecule has 0 unspecified atom stereocenters. The van der Waals surface area contributed by atoms with Crippen LogP contribution in [0, 0.1) is 5.92 Å². The Labute approximate surface area is 95.5 Å². The van der Waals surface area contributed by atoms with Crippen LogP contribution >= 0.6 is 0 Å². The Morgan fingerprint density at radius 2 is 2.06 bits per heavy atom. The second-order valence-electron chi connectivity index (χ2n) is 4.39. The summed E-state index contributed by atoms with van der Waals surface area (Å²) in [6.07, 6.45) is 1.50. The third-order valence-corrected chi connectivity index (χ3v) is 2.73. The highest BCUT2D eigenvalue weighted by Gasteiger charge is 2.25. The van der Waals surface area contributed by atoms with Gasteiger partial charge in [0.05, 0.1) is 0 Å². The van der Waals surface area contributed by atoms with Crippen LogP contribution in [0.15, 0.2) is 5.16 Å². The standard InChI is InChI=1S/C10H20N4O2/c1-7(2)12-10(15)14-5-3-8(4-6-14)9(11)13-16/h7-8,16H,3-6H2,1-2H3,(H2,11,13)(H,12,15). The van der Waals surface area contributed by atoms with Gasteiger partial charge in [-0.05, 0) is 26.7 Å². The molecule has 16 heavy (non-hydrogen) atoms. The van der Waals surface area contributed by atoms with Crippen LogP contribution in [0.25, 0.3) is 0 Å². The van der Waals surface area contributed by atoms with Crippen molar-refractivity contribution >= 4 is 11.9 Å². The third kappa shape index (κ3) is 3.29. The summed E-state index contributed by atoms with van der Waals surface area (Å²) in [5.74, 6) is 0.358. The van der Waals surface area contributed by atoms with Gasteiger partial charge in [0, 0.05) is 25.0 Å². The van der Waals surface area contributed by atoms with Crippen molar-refractivity contribution in [1.29, 1.82) is 0 Å². The summed E-state index contributed by atoms with van der Waals surface area (Å²) in [6.45, 7) is 5.17. The summed E-state index contributed by atoms with van der Waals surface area (Å²) in [7, 11) is 0. The quantitative estimate of drug-likeness (QED) is 0.279. The van der Waals surface area contributed by atoms with E-state index >= 15 is 0 Å². The van der Waals surface area contributed by atoms with Crippen LogP contribution in [0.2, 0.25) is 0 Å². The molecule has 1 rings (SSSR count). The molecule has 1 aliphatic rings. The van der Waals surface area contributed by atoms with Gasteiger partial charge in [-0.2, -0.15) is 0 Å². The van der Waals surface area contributed by atoms with Gasteiger partial charge in [0.1, 0.15) is 5.84 Å². The number of nitrogens with two attached hydrogens (primary N) is 1. The van der Waals surface area contributed by atoms with Crippen molar-refractivity contribution in [2.75, 3.05) is 13.1 Å². The van der Waals surface area contributed by atoms with Crippen molar-refractivity contribution in [2.24, 2.45) is 16.8 Å². The molecule has 1 saturated heterocycles. The van der Waals surface area contributed by atoms with Crippen LogP contribution in [-0.4, -0.2) is 41.1 Å². The average molecular weight is 228 g/mol. The van der Waals surface area contributed by atoms with Gasteiger partial charge in [0.15, 0.2) is 0 Å². The number of amides is 2. The Morgan fingerprint density at radius 1 is 1.50 bits per heavy atom. The molecule has 0 aromatic carbocycles. The normalized spacial score (nSPS) is 18.9. The molecular formula is C10H20N4O2. The smallest absolute Gasteiger partial charge is 0.317 e. The van der Waals surface area contributed by atoms with E-state index in [0.29, 0.717) is 13.1 Å². The number of urea groups is 1. The van der Waals surface area contributed by atoms with Crippen molar-refractivity contribution in [3.8, 4) is 0 Å². The Kier molecular flexibility index (Phi) is 4.39. The van der Waals surface area contributed by atoms with Crippen LogP contribution in [0.1, 0.15) is 26.7 Å². The Morgan fingerprint density at radius 3 is 2.50 bits per heavy atom. The maximum atomic E-state index is 11.7. The monoisotopic (exact) mass is 228 g/mol. The third-order valence-electron chi connectivity index (χ3n) is 2.73. The van der Waals surface area contributed by atoms with Crippen LogP contribution in [0.3, 0.4) is 0 Å². The molecule has 6 heteroatoms. The van der Waals surface area contributed by atoms with Gasteiger partial charge in [-0.3, -0.25) is 0 Å². The van der Waals surface area contributed by atoms with Gasteiger partial charge >= 0.3 is 6.03 Å². The number of nitrogens with zero attached hydrogens (tertiary/aromatic N) is 2. The molecular weight excluding hydrogens is 208 g/mol. The highest BCUT2D eigenvalue weighted by atomic mass is 16.4. The van der Waals surface area contributed by atoms with E-state index in [1.54, 1.807) is 4.90 Å². The van der Waals surface area contributed by atoms with Crippen molar-refractivity contribution in [2.45, 2.75) is 32.7 Å². The summed E-state index contributed by atoms with van der Waals surface area (Å²) < 4.78 is 0. The molecule has 0 spiro atoms. The number of nitrogens with one attached hydrogen (secondary N) is 1. The zero-order valence-electron chi connectivity index (χ0n) is 9.81. The molecule has 1 heterocycles. The van der Waals surface area contributed by atoms with Gasteiger partial charge in [-0.1, -0.05) is 5.16 Å². The highest BCUT2D eigenvalue weighted by molar-refractivity contribution is 5.82. The predicted octanol–water partition coefficient (Wildman–Crippen LogP) is 0.563. The lowest BCUT2D eigenvalue weighted by atomic mass is 9.96. The molecule has 0 saturated carbocycles. The summed E-state index contributed by atoms with van der Waals surface area (Å²) in [4.78, 5) is 13.4. The molecule has 2 amide bonds. The molecule has 1 aliphatic heterocycles. The molecule has 0 radical (unpaired) electrons. The topological polar surface area (TPSA) is 91.0 Å². The lowest BCUT2D eigenvalue weighted by molar-refractivity contribution is 0.177. The number of hydrogen-bond acceptors (Lipinski definition) is 3. The van der Waals surface area contributed by atoms with Crippen molar-refractivity contribution in [1.82, 2.24) is 10.2 Å². The predicted molar refractivity (Wildman–Crippen MR) is 61.4 cm³/mol. The first-order valence-electron chi connectivity index (χ1n) is 5.57. The minimum atomic E-state index is -0.0343. The largest absolute Gasteiger partial charge is 0.409 e. The molecule has 0 atom stereocenters. The van der Waals surface area contributed by atoms with E-state index < -0.39 is 0 Å². The van der Waals surface area contributed by atoms with Crippen molar-refractivity contribution < 1.29 is 10.0 Å². The van der Waals surface area contributed by atoms with Gasteiger partial charge in [0.2, 0.25) is 0 Å². The second-order valence-corrected chi connectivity index (χ2v) is 4.39. The van der Waals surface area contributed by atoms with Crippen LogP contribution in [-0.2, 0) is 0 Å². The lowest BCUT2D eigenvalue weighted by Crippen LogP contribution is -2.47. The van der Waals surface area contributed by atoms with Gasteiger partial charge in [0.25, 0.3) is 0 Å². The van der Waals surface area contributed by atoms with E-state index in [0.717, 1.165) is 12.8 Å². The van der Waals surface area contributed by atoms with E-state index in [4.69, 9.17) is 10.9 Å². The highest BCUT2D eigenvalue weighted by Crippen LogP contribution is 2.17. The molecule has 92 valence electrons. The summed E-state index contributed by atoms with van der Waals surface area (Å²) >= 11 is 0. The number of carbonyl (C=O) groups is 1. The zero-order chi connectivity index (χ0) is 12.1. The van der Waals surface area contributed by atoms with Crippen LogP contribution < -0.4 is 11.1 Å². The lowest BCUT2D eigenvalue weighted by Gasteiger charge is -2.31. The van der Waals surface area contributed by atoms with Crippen LogP contribution in [0.4, 0.5) is 4.79 Å². The Hall–Kier alpha value is -1.46. The van der Waals surface area contributed by atoms with Crippen LogP contribution in [0.5, 0.6) is 0 Å². The van der Waals surface area contributed by atoms with Crippen molar-refractivity contribution in [3.05, 3.63) is 0 Å².